The molecule has 0 spiro atoms. The van der Waals surface area contributed by atoms with E-state index in [0.29, 0.717) is 0 Å². The number of hydrogen-bond donors (Lipinski definition) is 2. The number of rotatable bonds is 3. The monoisotopic (exact) mass is 128 g/mol. The summed E-state index contributed by atoms with van der Waals surface area (Å²) in [5.74, 6) is 0.854. The third-order valence-electron chi connectivity index (χ3n) is 2.43. The molecule has 1 rings (SSSR count). The molecule has 0 heterocycles. The van der Waals surface area contributed by atoms with E-state index in [1.165, 1.54) is 12.8 Å². The van der Waals surface area contributed by atoms with Crippen molar-refractivity contribution in [3.05, 3.63) is 0 Å². The normalized spacial score (nSPS) is 20.3. The molecule has 2 heteroatoms. The van der Waals surface area contributed by atoms with Gasteiger partial charge in [0.25, 0.3) is 0 Å². The SMILES string of the molecule is CNC(C)(NC)C1CC1. The summed E-state index contributed by atoms with van der Waals surface area (Å²) in [6, 6.07) is 0. The Hall–Kier alpha value is -0.0800. The first-order chi connectivity index (χ1) is 4.23. The molecule has 2 nitrogen and oxygen atoms in total. The van der Waals surface area contributed by atoms with Crippen LogP contribution in [-0.2, 0) is 0 Å². The van der Waals surface area contributed by atoms with Crippen LogP contribution in [0.4, 0.5) is 0 Å². The van der Waals surface area contributed by atoms with Crippen LogP contribution in [0, 0.1) is 5.92 Å². The highest BCUT2D eigenvalue weighted by Crippen LogP contribution is 2.37. The van der Waals surface area contributed by atoms with Gasteiger partial charge in [-0.2, -0.15) is 0 Å². The van der Waals surface area contributed by atoms with Crippen molar-refractivity contribution in [3.8, 4) is 0 Å². The average Bonchev–Trinajstić information content (AvgIpc) is 2.68. The van der Waals surface area contributed by atoms with Crippen molar-refractivity contribution >= 4 is 0 Å². The molecule has 0 atom stereocenters. The predicted octanol–water partition coefficient (Wildman–Crippen LogP) is 0.551. The lowest BCUT2D eigenvalue weighted by Gasteiger charge is -2.28. The van der Waals surface area contributed by atoms with E-state index in [4.69, 9.17) is 0 Å². The van der Waals surface area contributed by atoms with E-state index in [1.807, 2.05) is 14.1 Å². The first kappa shape index (κ1) is 7.03. The fraction of sp³-hybridized carbons (Fsp3) is 1.00. The van der Waals surface area contributed by atoms with Crippen molar-refractivity contribution in [2.24, 2.45) is 5.92 Å². The van der Waals surface area contributed by atoms with Gasteiger partial charge in [-0.3, -0.25) is 0 Å². The van der Waals surface area contributed by atoms with Crippen LogP contribution in [0.3, 0.4) is 0 Å². The Morgan fingerprint density at radius 2 is 1.67 bits per heavy atom. The second kappa shape index (κ2) is 2.27. The van der Waals surface area contributed by atoms with Crippen LogP contribution in [-0.4, -0.2) is 19.8 Å². The van der Waals surface area contributed by atoms with E-state index in [1.54, 1.807) is 0 Å². The molecule has 1 saturated carbocycles. The zero-order chi connectivity index (χ0) is 6.91. The minimum atomic E-state index is 0.194. The molecule has 0 bridgehead atoms. The van der Waals surface area contributed by atoms with Gasteiger partial charge in [0.1, 0.15) is 0 Å². The zero-order valence-electron chi connectivity index (χ0n) is 6.49. The van der Waals surface area contributed by atoms with Gasteiger partial charge in [0, 0.05) is 0 Å². The molecule has 0 aromatic carbocycles. The molecule has 0 aromatic heterocycles. The molecule has 0 radical (unpaired) electrons. The van der Waals surface area contributed by atoms with Crippen LogP contribution in [0.2, 0.25) is 0 Å². The Morgan fingerprint density at radius 1 is 1.22 bits per heavy atom. The fourth-order valence-electron chi connectivity index (χ4n) is 1.19. The van der Waals surface area contributed by atoms with Gasteiger partial charge in [-0.25, -0.2) is 0 Å². The lowest BCUT2D eigenvalue weighted by Crippen LogP contribution is -2.53. The first-order valence-corrected chi connectivity index (χ1v) is 3.61. The quantitative estimate of drug-likeness (QED) is 0.542. The lowest BCUT2D eigenvalue weighted by atomic mass is 10.1. The van der Waals surface area contributed by atoms with Crippen molar-refractivity contribution in [1.82, 2.24) is 10.6 Å². The highest BCUT2D eigenvalue weighted by atomic mass is 15.2. The second-order valence-corrected chi connectivity index (χ2v) is 2.98. The Morgan fingerprint density at radius 3 is 1.78 bits per heavy atom. The third kappa shape index (κ3) is 1.25. The third-order valence-corrected chi connectivity index (χ3v) is 2.43. The highest BCUT2D eigenvalue weighted by Gasteiger charge is 2.38. The van der Waals surface area contributed by atoms with E-state index >= 15 is 0 Å². The van der Waals surface area contributed by atoms with Crippen LogP contribution in [0.1, 0.15) is 19.8 Å². The average molecular weight is 128 g/mol. The van der Waals surface area contributed by atoms with Crippen molar-refractivity contribution in [1.29, 1.82) is 0 Å². The molecule has 0 aromatic rings. The lowest BCUT2D eigenvalue weighted by molar-refractivity contribution is 0.283. The van der Waals surface area contributed by atoms with Gasteiger partial charge >= 0.3 is 0 Å². The maximum absolute atomic E-state index is 3.28. The summed E-state index contributed by atoms with van der Waals surface area (Å²) >= 11 is 0. The highest BCUT2D eigenvalue weighted by molar-refractivity contribution is 4.93. The summed E-state index contributed by atoms with van der Waals surface area (Å²) in [6.45, 7) is 2.21. The van der Waals surface area contributed by atoms with Crippen molar-refractivity contribution in [2.75, 3.05) is 14.1 Å². The van der Waals surface area contributed by atoms with E-state index in [2.05, 4.69) is 17.6 Å². The molecular weight excluding hydrogens is 112 g/mol. The number of hydrogen-bond acceptors (Lipinski definition) is 2. The van der Waals surface area contributed by atoms with E-state index in [-0.39, 0.29) is 5.66 Å². The Kier molecular flexibility index (Phi) is 1.78. The molecule has 54 valence electrons. The molecule has 0 unspecified atom stereocenters. The van der Waals surface area contributed by atoms with E-state index < -0.39 is 0 Å². The molecule has 9 heavy (non-hydrogen) atoms. The van der Waals surface area contributed by atoms with Gasteiger partial charge in [0.15, 0.2) is 0 Å². The maximum atomic E-state index is 3.28. The maximum Gasteiger partial charge on any atom is 0.0682 e. The Balaban J connectivity index is 2.43. The van der Waals surface area contributed by atoms with Crippen LogP contribution in [0.25, 0.3) is 0 Å². The van der Waals surface area contributed by atoms with E-state index in [0.717, 1.165) is 5.92 Å². The molecule has 2 N–H and O–H groups in total. The fourth-order valence-corrected chi connectivity index (χ4v) is 1.19. The topological polar surface area (TPSA) is 24.1 Å². The minimum absolute atomic E-state index is 0.194. The summed E-state index contributed by atoms with van der Waals surface area (Å²) < 4.78 is 0. The summed E-state index contributed by atoms with van der Waals surface area (Å²) in [5, 5.41) is 6.56. The van der Waals surface area contributed by atoms with Crippen LogP contribution < -0.4 is 10.6 Å². The first-order valence-electron chi connectivity index (χ1n) is 3.61. The van der Waals surface area contributed by atoms with Crippen LogP contribution >= 0.6 is 0 Å². The predicted molar refractivity (Wildman–Crippen MR) is 39.2 cm³/mol. The van der Waals surface area contributed by atoms with Crippen molar-refractivity contribution in [3.63, 3.8) is 0 Å². The number of nitrogens with one attached hydrogen (secondary N) is 2. The molecule has 0 saturated heterocycles. The summed E-state index contributed by atoms with van der Waals surface area (Å²) in [7, 11) is 4.02. The molecule has 1 fully saturated rings. The largest absolute Gasteiger partial charge is 0.302 e. The van der Waals surface area contributed by atoms with Crippen LogP contribution in [0.15, 0.2) is 0 Å². The summed E-state index contributed by atoms with van der Waals surface area (Å²) in [5.41, 5.74) is 0.194. The summed E-state index contributed by atoms with van der Waals surface area (Å²) in [4.78, 5) is 0. The minimum Gasteiger partial charge on any atom is -0.302 e. The second-order valence-electron chi connectivity index (χ2n) is 2.98. The van der Waals surface area contributed by atoms with Gasteiger partial charge in [-0.15, -0.1) is 0 Å². The van der Waals surface area contributed by atoms with Gasteiger partial charge in [0.05, 0.1) is 5.66 Å². The van der Waals surface area contributed by atoms with Crippen molar-refractivity contribution < 1.29 is 0 Å². The Bertz CT molecular complexity index is 93.1. The van der Waals surface area contributed by atoms with E-state index in [9.17, 15) is 0 Å². The zero-order valence-corrected chi connectivity index (χ0v) is 6.49. The molecule has 1 aliphatic rings. The Labute approximate surface area is 57.0 Å². The van der Waals surface area contributed by atoms with Crippen LogP contribution in [0.5, 0.6) is 0 Å². The molecule has 0 amide bonds. The molecule has 1 aliphatic carbocycles. The summed E-state index contributed by atoms with van der Waals surface area (Å²) in [6.07, 6.45) is 2.75. The van der Waals surface area contributed by atoms with Gasteiger partial charge < -0.3 is 10.6 Å². The standard InChI is InChI=1S/C7H16N2/c1-7(8-2,9-3)6-4-5-6/h6,8-9H,4-5H2,1-3H3. The van der Waals surface area contributed by atoms with Crippen molar-refractivity contribution in [2.45, 2.75) is 25.4 Å². The van der Waals surface area contributed by atoms with Gasteiger partial charge in [-0.05, 0) is 39.8 Å². The molecule has 0 aliphatic heterocycles. The molecular formula is C7H16N2. The van der Waals surface area contributed by atoms with Gasteiger partial charge in [-0.1, -0.05) is 0 Å². The van der Waals surface area contributed by atoms with Gasteiger partial charge in [0.2, 0.25) is 0 Å². The smallest absolute Gasteiger partial charge is 0.0682 e.